The number of rotatable bonds is 4. The zero-order valence-corrected chi connectivity index (χ0v) is 8.20. The van der Waals surface area contributed by atoms with Crippen molar-refractivity contribution in [3.05, 3.63) is 0 Å². The Morgan fingerprint density at radius 1 is 1.33 bits per heavy atom. The Morgan fingerprint density at radius 2 is 1.83 bits per heavy atom. The third-order valence-corrected chi connectivity index (χ3v) is 1.54. The molecule has 0 N–H and O–H groups in total. The van der Waals surface area contributed by atoms with Crippen LogP contribution in [0.3, 0.4) is 0 Å². The van der Waals surface area contributed by atoms with Gasteiger partial charge in [0.1, 0.15) is 0 Å². The van der Waals surface area contributed by atoms with E-state index in [9.17, 15) is 9.59 Å². The molecule has 0 aliphatic carbocycles. The summed E-state index contributed by atoms with van der Waals surface area (Å²) in [6.07, 6.45) is 1.05. The summed E-state index contributed by atoms with van der Waals surface area (Å²) in [6.45, 7) is 7.57. The van der Waals surface area contributed by atoms with Crippen LogP contribution in [0.2, 0.25) is 0 Å². The van der Waals surface area contributed by atoms with Crippen LogP contribution in [0, 0.1) is 5.92 Å². The molecule has 0 aliphatic rings. The molecule has 0 radical (unpaired) electrons. The van der Waals surface area contributed by atoms with Gasteiger partial charge >= 0.3 is 0 Å². The number of carbonyl (C=O) groups is 2. The molecule has 3 nitrogen and oxygen atoms in total. The first-order chi connectivity index (χ1) is 5.49. The van der Waals surface area contributed by atoms with Gasteiger partial charge in [-0.05, 0) is 19.8 Å². The molecule has 0 saturated heterocycles. The molecule has 0 aliphatic heterocycles. The molecule has 0 unspecified atom stereocenters. The van der Waals surface area contributed by atoms with Gasteiger partial charge in [0.2, 0.25) is 12.3 Å². The standard InChI is InChI=1S/C9H17NO2/c1-7(2)5-9(12)10(6-11)8(3)4/h6-8H,5H2,1-4H3. The van der Waals surface area contributed by atoms with E-state index in [4.69, 9.17) is 0 Å². The molecular formula is C9H17NO2. The van der Waals surface area contributed by atoms with Gasteiger partial charge < -0.3 is 0 Å². The molecule has 70 valence electrons. The molecule has 0 aromatic heterocycles. The summed E-state index contributed by atoms with van der Waals surface area (Å²) < 4.78 is 0. The van der Waals surface area contributed by atoms with Crippen LogP contribution in [0.25, 0.3) is 0 Å². The summed E-state index contributed by atoms with van der Waals surface area (Å²) in [6, 6.07) is -0.0336. The Labute approximate surface area is 73.7 Å². The lowest BCUT2D eigenvalue weighted by atomic mass is 10.1. The number of nitrogens with zero attached hydrogens (tertiary/aromatic N) is 1. The highest BCUT2D eigenvalue weighted by atomic mass is 16.2. The monoisotopic (exact) mass is 171 g/mol. The molecule has 0 aromatic rings. The summed E-state index contributed by atoms with van der Waals surface area (Å²) in [5.74, 6) is 0.216. The maximum Gasteiger partial charge on any atom is 0.229 e. The van der Waals surface area contributed by atoms with Crippen LogP contribution in [-0.2, 0) is 9.59 Å². The van der Waals surface area contributed by atoms with Crippen LogP contribution in [0.1, 0.15) is 34.1 Å². The van der Waals surface area contributed by atoms with Crippen molar-refractivity contribution in [3.63, 3.8) is 0 Å². The maximum absolute atomic E-state index is 11.3. The van der Waals surface area contributed by atoms with Gasteiger partial charge in [-0.3, -0.25) is 14.5 Å². The lowest BCUT2D eigenvalue weighted by Gasteiger charge is -2.20. The Morgan fingerprint density at radius 3 is 2.08 bits per heavy atom. The van der Waals surface area contributed by atoms with Crippen molar-refractivity contribution in [2.75, 3.05) is 0 Å². The van der Waals surface area contributed by atoms with E-state index in [0.29, 0.717) is 18.7 Å². The summed E-state index contributed by atoms with van der Waals surface area (Å²) in [5, 5.41) is 0. The first kappa shape index (κ1) is 11.1. The SMILES string of the molecule is CC(C)CC(=O)N(C=O)C(C)C. The van der Waals surface area contributed by atoms with Crippen molar-refractivity contribution in [3.8, 4) is 0 Å². The Kier molecular flexibility index (Phi) is 4.55. The van der Waals surface area contributed by atoms with Crippen molar-refractivity contribution >= 4 is 12.3 Å². The van der Waals surface area contributed by atoms with Gasteiger partial charge in [-0.2, -0.15) is 0 Å². The average Bonchev–Trinajstić information content (AvgIpc) is 1.85. The van der Waals surface area contributed by atoms with Crippen molar-refractivity contribution in [2.24, 2.45) is 5.92 Å². The lowest BCUT2D eigenvalue weighted by molar-refractivity contribution is -0.140. The largest absolute Gasteiger partial charge is 0.283 e. The van der Waals surface area contributed by atoms with Crippen LogP contribution >= 0.6 is 0 Å². The number of amides is 2. The topological polar surface area (TPSA) is 37.4 Å². The second kappa shape index (κ2) is 4.91. The average molecular weight is 171 g/mol. The van der Waals surface area contributed by atoms with Crippen LogP contribution in [0.4, 0.5) is 0 Å². The molecule has 0 heterocycles. The minimum atomic E-state index is -0.0880. The van der Waals surface area contributed by atoms with Crippen LogP contribution in [0.15, 0.2) is 0 Å². The predicted molar refractivity (Wildman–Crippen MR) is 47.5 cm³/mol. The van der Waals surface area contributed by atoms with E-state index >= 15 is 0 Å². The molecule has 0 atom stereocenters. The number of carbonyl (C=O) groups excluding carboxylic acids is 2. The summed E-state index contributed by atoms with van der Waals surface area (Å²) >= 11 is 0. The highest BCUT2D eigenvalue weighted by molar-refractivity contribution is 5.86. The predicted octanol–water partition coefficient (Wildman–Crippen LogP) is 1.43. The van der Waals surface area contributed by atoms with Crippen molar-refractivity contribution in [1.82, 2.24) is 4.90 Å². The van der Waals surface area contributed by atoms with Crippen LogP contribution < -0.4 is 0 Å². The fraction of sp³-hybridized carbons (Fsp3) is 0.778. The van der Waals surface area contributed by atoms with E-state index in [-0.39, 0.29) is 11.9 Å². The van der Waals surface area contributed by atoms with E-state index in [1.165, 1.54) is 4.90 Å². The number of imide groups is 1. The molecule has 0 rings (SSSR count). The highest BCUT2D eigenvalue weighted by Gasteiger charge is 2.16. The van der Waals surface area contributed by atoms with E-state index in [0.717, 1.165) is 0 Å². The molecule has 3 heteroatoms. The van der Waals surface area contributed by atoms with Gasteiger partial charge in [0.05, 0.1) is 0 Å². The van der Waals surface area contributed by atoms with Crippen LogP contribution in [-0.4, -0.2) is 23.3 Å². The smallest absolute Gasteiger partial charge is 0.229 e. The molecular weight excluding hydrogens is 154 g/mol. The van der Waals surface area contributed by atoms with Gasteiger partial charge in [-0.15, -0.1) is 0 Å². The zero-order valence-electron chi connectivity index (χ0n) is 8.20. The van der Waals surface area contributed by atoms with E-state index in [1.54, 1.807) is 0 Å². The second-order valence-electron chi connectivity index (χ2n) is 3.60. The van der Waals surface area contributed by atoms with Gasteiger partial charge in [0.15, 0.2) is 0 Å². The second-order valence-corrected chi connectivity index (χ2v) is 3.60. The lowest BCUT2D eigenvalue weighted by Crippen LogP contribution is -2.36. The molecule has 0 saturated carbocycles. The number of hydrogen-bond donors (Lipinski definition) is 0. The molecule has 0 spiro atoms. The van der Waals surface area contributed by atoms with E-state index < -0.39 is 0 Å². The zero-order chi connectivity index (χ0) is 9.72. The minimum Gasteiger partial charge on any atom is -0.283 e. The van der Waals surface area contributed by atoms with Crippen molar-refractivity contribution in [2.45, 2.75) is 40.2 Å². The first-order valence-corrected chi connectivity index (χ1v) is 4.25. The van der Waals surface area contributed by atoms with Gasteiger partial charge in [0.25, 0.3) is 0 Å². The van der Waals surface area contributed by atoms with Crippen molar-refractivity contribution in [1.29, 1.82) is 0 Å². The van der Waals surface area contributed by atoms with Gasteiger partial charge in [0, 0.05) is 12.5 Å². The third-order valence-electron chi connectivity index (χ3n) is 1.54. The Balaban J connectivity index is 4.13. The molecule has 0 bridgehead atoms. The van der Waals surface area contributed by atoms with E-state index in [2.05, 4.69) is 0 Å². The number of hydrogen-bond acceptors (Lipinski definition) is 2. The van der Waals surface area contributed by atoms with Crippen molar-refractivity contribution < 1.29 is 9.59 Å². The first-order valence-electron chi connectivity index (χ1n) is 4.25. The fourth-order valence-corrected chi connectivity index (χ4v) is 0.923. The van der Waals surface area contributed by atoms with Gasteiger partial charge in [-0.25, -0.2) is 0 Å². The van der Waals surface area contributed by atoms with E-state index in [1.807, 2.05) is 27.7 Å². The van der Waals surface area contributed by atoms with Gasteiger partial charge in [-0.1, -0.05) is 13.8 Å². The van der Waals surface area contributed by atoms with Crippen LogP contribution in [0.5, 0.6) is 0 Å². The summed E-state index contributed by atoms with van der Waals surface area (Å²) in [7, 11) is 0. The Bertz CT molecular complexity index is 164. The molecule has 0 aromatic carbocycles. The summed E-state index contributed by atoms with van der Waals surface area (Å²) in [5.41, 5.74) is 0. The molecule has 12 heavy (non-hydrogen) atoms. The fourth-order valence-electron chi connectivity index (χ4n) is 0.923. The maximum atomic E-state index is 11.3. The normalized spacial score (nSPS) is 10.5. The third kappa shape index (κ3) is 3.51. The minimum absolute atomic E-state index is 0.0336. The quantitative estimate of drug-likeness (QED) is 0.600. The molecule has 0 fully saturated rings. The molecule has 2 amide bonds. The highest BCUT2D eigenvalue weighted by Crippen LogP contribution is 2.05. The summed E-state index contributed by atoms with van der Waals surface area (Å²) in [4.78, 5) is 23.0. The Hall–Kier alpha value is -0.860.